The van der Waals surface area contributed by atoms with Crippen molar-refractivity contribution >= 4 is 11.8 Å². The Kier molecular flexibility index (Phi) is 2.30. The molecule has 0 N–H and O–H groups in total. The first-order chi connectivity index (χ1) is 8.59. The number of methoxy groups -OCH3 is 1. The number of rotatable bonds is 2. The third-order valence-corrected chi connectivity index (χ3v) is 4.23. The number of ether oxygens (including phenoxy) is 1. The van der Waals surface area contributed by atoms with Crippen molar-refractivity contribution in [3.63, 3.8) is 0 Å². The molecule has 0 unspecified atom stereocenters. The number of hydrogen-bond acceptors (Lipinski definition) is 3. The maximum atomic E-state index is 13.2. The highest BCUT2D eigenvalue weighted by Crippen LogP contribution is 2.67. The van der Waals surface area contributed by atoms with Crippen LogP contribution in [0.4, 0.5) is 4.39 Å². The molecule has 1 aromatic rings. The molecule has 2 aliphatic carbocycles. The molecule has 3 rings (SSSR count). The molecule has 94 valence electrons. The van der Waals surface area contributed by atoms with Crippen molar-refractivity contribution in [1.29, 1.82) is 0 Å². The molecule has 0 radical (unpaired) electrons. The van der Waals surface area contributed by atoms with Crippen LogP contribution >= 0.6 is 0 Å². The SMILES string of the molecule is COC(=O)[C@]12C[C@H]1[C@@H](c1cccc(F)c1)CC2=O. The summed E-state index contributed by atoms with van der Waals surface area (Å²) in [7, 11) is 1.30. The average molecular weight is 248 g/mol. The van der Waals surface area contributed by atoms with Crippen LogP contribution in [0.2, 0.25) is 0 Å². The highest BCUT2D eigenvalue weighted by Gasteiger charge is 2.72. The highest BCUT2D eigenvalue weighted by molar-refractivity contribution is 6.10. The molecule has 2 saturated carbocycles. The van der Waals surface area contributed by atoms with Gasteiger partial charge in [0, 0.05) is 6.42 Å². The van der Waals surface area contributed by atoms with E-state index in [1.54, 1.807) is 6.07 Å². The molecule has 0 saturated heterocycles. The Labute approximate surface area is 104 Å². The Morgan fingerprint density at radius 3 is 2.89 bits per heavy atom. The zero-order valence-corrected chi connectivity index (χ0v) is 9.98. The molecular weight excluding hydrogens is 235 g/mol. The summed E-state index contributed by atoms with van der Waals surface area (Å²) in [5, 5.41) is 0. The number of halogens is 1. The minimum atomic E-state index is -0.925. The molecule has 0 spiro atoms. The van der Waals surface area contributed by atoms with Gasteiger partial charge < -0.3 is 4.74 Å². The Morgan fingerprint density at radius 2 is 2.28 bits per heavy atom. The molecule has 0 aromatic heterocycles. The van der Waals surface area contributed by atoms with Gasteiger partial charge in [-0.25, -0.2) is 4.39 Å². The van der Waals surface area contributed by atoms with E-state index in [9.17, 15) is 14.0 Å². The Balaban J connectivity index is 1.92. The largest absolute Gasteiger partial charge is 0.468 e. The smallest absolute Gasteiger partial charge is 0.319 e. The fraction of sp³-hybridized carbons (Fsp3) is 0.429. The van der Waals surface area contributed by atoms with E-state index in [0.717, 1.165) is 5.56 Å². The quantitative estimate of drug-likeness (QED) is 0.594. The minimum Gasteiger partial charge on any atom is -0.468 e. The number of esters is 1. The zero-order chi connectivity index (χ0) is 12.9. The standard InChI is InChI=1S/C14H13FO3/c1-18-13(17)14-7-11(14)10(6-12(14)16)8-3-2-4-9(15)5-8/h2-5,10-11H,6-7H2,1H3/t10-,11+,14-/m1/s1. The third kappa shape index (κ3) is 1.35. The molecule has 18 heavy (non-hydrogen) atoms. The second-order valence-corrected chi connectivity index (χ2v) is 5.06. The number of benzene rings is 1. The summed E-state index contributed by atoms with van der Waals surface area (Å²) in [5.74, 6) is -0.868. The van der Waals surface area contributed by atoms with E-state index in [4.69, 9.17) is 4.74 Å². The molecular formula is C14H13FO3. The van der Waals surface area contributed by atoms with Gasteiger partial charge in [-0.05, 0) is 36.0 Å². The first-order valence-electron chi connectivity index (χ1n) is 5.97. The molecule has 0 aliphatic heterocycles. The van der Waals surface area contributed by atoms with Gasteiger partial charge in [0.25, 0.3) is 0 Å². The molecule has 0 bridgehead atoms. The summed E-state index contributed by atoms with van der Waals surface area (Å²) >= 11 is 0. The van der Waals surface area contributed by atoms with Crippen LogP contribution in [0, 0.1) is 17.2 Å². The van der Waals surface area contributed by atoms with Crippen molar-refractivity contribution in [2.45, 2.75) is 18.8 Å². The number of ketones is 1. The van der Waals surface area contributed by atoms with Gasteiger partial charge in [-0.15, -0.1) is 0 Å². The maximum absolute atomic E-state index is 13.2. The van der Waals surface area contributed by atoms with E-state index in [-0.39, 0.29) is 23.4 Å². The number of hydrogen-bond donors (Lipinski definition) is 0. The van der Waals surface area contributed by atoms with Gasteiger partial charge in [-0.2, -0.15) is 0 Å². The summed E-state index contributed by atoms with van der Waals surface area (Å²) in [6.45, 7) is 0. The summed E-state index contributed by atoms with van der Waals surface area (Å²) < 4.78 is 17.9. The molecule has 4 heteroatoms. The van der Waals surface area contributed by atoms with Crippen LogP contribution in [0.5, 0.6) is 0 Å². The van der Waals surface area contributed by atoms with E-state index in [1.807, 2.05) is 6.07 Å². The van der Waals surface area contributed by atoms with Gasteiger partial charge in [0.15, 0.2) is 5.78 Å². The normalized spacial score (nSPS) is 33.1. The van der Waals surface area contributed by atoms with Gasteiger partial charge in [-0.1, -0.05) is 12.1 Å². The lowest BCUT2D eigenvalue weighted by atomic mass is 9.94. The third-order valence-electron chi connectivity index (χ3n) is 4.23. The molecule has 2 aliphatic rings. The topological polar surface area (TPSA) is 43.4 Å². The summed E-state index contributed by atoms with van der Waals surface area (Å²) in [5.41, 5.74) is -0.122. The Bertz CT molecular complexity index is 540. The zero-order valence-electron chi connectivity index (χ0n) is 9.98. The van der Waals surface area contributed by atoms with Gasteiger partial charge in [0.05, 0.1) is 7.11 Å². The molecule has 0 amide bonds. The van der Waals surface area contributed by atoms with Crippen LogP contribution in [0.1, 0.15) is 24.3 Å². The monoisotopic (exact) mass is 248 g/mol. The van der Waals surface area contributed by atoms with E-state index < -0.39 is 11.4 Å². The minimum absolute atomic E-state index is 0.0146. The lowest BCUT2D eigenvalue weighted by Gasteiger charge is -2.10. The second-order valence-electron chi connectivity index (χ2n) is 5.06. The van der Waals surface area contributed by atoms with Crippen LogP contribution in [-0.4, -0.2) is 18.9 Å². The van der Waals surface area contributed by atoms with Crippen molar-refractivity contribution < 1.29 is 18.7 Å². The predicted octanol–water partition coefficient (Wildman–Crippen LogP) is 2.06. The van der Waals surface area contributed by atoms with Gasteiger partial charge in [0.2, 0.25) is 0 Å². The maximum Gasteiger partial charge on any atom is 0.319 e. The van der Waals surface area contributed by atoms with Crippen LogP contribution in [0.25, 0.3) is 0 Å². The average Bonchev–Trinajstić information content (AvgIpc) is 3.05. The van der Waals surface area contributed by atoms with Crippen LogP contribution in [0.15, 0.2) is 24.3 Å². The van der Waals surface area contributed by atoms with Crippen LogP contribution in [0.3, 0.4) is 0 Å². The Hall–Kier alpha value is -1.71. The summed E-state index contributed by atoms with van der Waals surface area (Å²) in [6, 6.07) is 6.27. The molecule has 2 fully saturated rings. The van der Waals surface area contributed by atoms with Crippen molar-refractivity contribution in [1.82, 2.24) is 0 Å². The number of carbonyl (C=O) groups is 2. The first-order valence-corrected chi connectivity index (χ1v) is 5.97. The van der Waals surface area contributed by atoms with Gasteiger partial charge in [-0.3, -0.25) is 9.59 Å². The van der Waals surface area contributed by atoms with Gasteiger partial charge >= 0.3 is 5.97 Å². The van der Waals surface area contributed by atoms with E-state index >= 15 is 0 Å². The van der Waals surface area contributed by atoms with Crippen molar-refractivity contribution in [2.24, 2.45) is 11.3 Å². The second kappa shape index (κ2) is 3.64. The lowest BCUT2D eigenvalue weighted by molar-refractivity contribution is -0.150. The first kappa shape index (κ1) is 11.4. The van der Waals surface area contributed by atoms with Crippen molar-refractivity contribution in [2.75, 3.05) is 7.11 Å². The number of Topliss-reactive ketones (excluding diaryl/α,β-unsaturated/α-hetero) is 1. The predicted molar refractivity (Wildman–Crippen MR) is 61.3 cm³/mol. The molecule has 1 aromatic carbocycles. The summed E-state index contributed by atoms with van der Waals surface area (Å²) in [6.07, 6.45) is 0.850. The van der Waals surface area contributed by atoms with E-state index in [0.29, 0.717) is 12.8 Å². The summed E-state index contributed by atoms with van der Waals surface area (Å²) in [4.78, 5) is 23.7. The molecule has 3 nitrogen and oxygen atoms in total. The Morgan fingerprint density at radius 1 is 1.50 bits per heavy atom. The highest BCUT2D eigenvalue weighted by atomic mass is 19.1. The van der Waals surface area contributed by atoms with Crippen molar-refractivity contribution in [3.05, 3.63) is 35.6 Å². The molecule has 0 heterocycles. The van der Waals surface area contributed by atoms with Crippen LogP contribution in [-0.2, 0) is 14.3 Å². The van der Waals surface area contributed by atoms with Gasteiger partial charge in [0.1, 0.15) is 11.2 Å². The van der Waals surface area contributed by atoms with E-state index in [2.05, 4.69) is 0 Å². The fourth-order valence-electron chi connectivity index (χ4n) is 3.24. The fourth-order valence-corrected chi connectivity index (χ4v) is 3.24. The molecule has 3 atom stereocenters. The number of carbonyl (C=O) groups excluding carboxylic acids is 2. The van der Waals surface area contributed by atoms with Crippen molar-refractivity contribution in [3.8, 4) is 0 Å². The lowest BCUT2D eigenvalue weighted by Crippen LogP contribution is -2.24. The van der Waals surface area contributed by atoms with E-state index in [1.165, 1.54) is 19.2 Å². The number of fused-ring (bicyclic) bond motifs is 1. The van der Waals surface area contributed by atoms with Crippen LogP contribution < -0.4 is 0 Å².